The third-order valence-electron chi connectivity index (χ3n) is 7.39. The van der Waals surface area contributed by atoms with Gasteiger partial charge in [-0.3, -0.25) is 14.2 Å². The van der Waals surface area contributed by atoms with E-state index in [-0.39, 0.29) is 33.7 Å². The number of anilines is 1. The molecule has 2 aromatic heterocycles. The van der Waals surface area contributed by atoms with E-state index in [2.05, 4.69) is 15.0 Å². The minimum Gasteiger partial charge on any atom is -0.453 e. The van der Waals surface area contributed by atoms with E-state index in [9.17, 15) is 24.6 Å². The lowest BCUT2D eigenvalue weighted by molar-refractivity contribution is -0.0977. The number of carbonyl (C=O) groups excluding carboxylic acids is 3. The Morgan fingerprint density at radius 2 is 1.41 bits per heavy atom. The van der Waals surface area contributed by atoms with Crippen molar-refractivity contribution in [2.45, 2.75) is 31.0 Å². The molecule has 3 aromatic carbocycles. The van der Waals surface area contributed by atoms with Crippen molar-refractivity contribution in [3.63, 3.8) is 0 Å². The molecule has 0 spiro atoms. The second-order valence-electron chi connectivity index (χ2n) is 10.3. The Balaban J connectivity index is 1.40. The van der Waals surface area contributed by atoms with E-state index < -0.39 is 48.4 Å². The third kappa shape index (κ3) is 5.11. The largest absolute Gasteiger partial charge is 0.453 e. The van der Waals surface area contributed by atoms with E-state index in [1.165, 1.54) is 24.1 Å². The molecule has 1 aliphatic rings. The zero-order valence-electron chi connectivity index (χ0n) is 23.4. The molecule has 222 valence electrons. The molecule has 44 heavy (non-hydrogen) atoms. The van der Waals surface area contributed by atoms with Crippen LogP contribution < -0.4 is 4.90 Å². The summed E-state index contributed by atoms with van der Waals surface area (Å²) in [6.45, 7) is 0.853. The van der Waals surface area contributed by atoms with Gasteiger partial charge in [-0.1, -0.05) is 54.6 Å². The Morgan fingerprint density at radius 3 is 1.95 bits per heavy atom. The SMILES string of the molecule is C[C@@]1(O)[C@H](OC(=O)c2ccccc2)[C@@H](CO)O[C@H]1n1cnc2c(N(C(=O)c3ccccc3)C(=O)c3ccccc3)ncnc21. The fourth-order valence-electron chi connectivity index (χ4n) is 5.21. The molecular formula is C32H27N5O7. The molecule has 1 aliphatic heterocycles. The maximum absolute atomic E-state index is 13.8. The molecule has 5 aromatic rings. The molecule has 3 heterocycles. The number of imide groups is 1. The maximum Gasteiger partial charge on any atom is 0.338 e. The molecule has 12 heteroatoms. The van der Waals surface area contributed by atoms with Crippen LogP contribution in [0.2, 0.25) is 0 Å². The molecule has 0 aliphatic carbocycles. The normalized spacial score (nSPS) is 21.2. The Bertz CT molecular complexity index is 1760. The maximum atomic E-state index is 13.8. The summed E-state index contributed by atoms with van der Waals surface area (Å²) in [6.07, 6.45) is -1.10. The highest BCUT2D eigenvalue weighted by Crippen LogP contribution is 2.42. The van der Waals surface area contributed by atoms with Gasteiger partial charge in [0.15, 0.2) is 29.3 Å². The Hall–Kier alpha value is -5.30. The quantitative estimate of drug-likeness (QED) is 0.212. The lowest BCUT2D eigenvalue weighted by Crippen LogP contribution is -2.47. The van der Waals surface area contributed by atoms with Gasteiger partial charge in [0.25, 0.3) is 11.8 Å². The molecule has 6 rings (SSSR count). The van der Waals surface area contributed by atoms with Crippen molar-refractivity contribution in [2.75, 3.05) is 11.5 Å². The Morgan fingerprint density at radius 1 is 0.864 bits per heavy atom. The number of carbonyl (C=O) groups is 3. The molecule has 1 saturated heterocycles. The van der Waals surface area contributed by atoms with Gasteiger partial charge in [-0.05, 0) is 43.3 Å². The lowest BCUT2D eigenvalue weighted by atomic mass is 9.96. The topological polar surface area (TPSA) is 157 Å². The van der Waals surface area contributed by atoms with E-state index >= 15 is 0 Å². The van der Waals surface area contributed by atoms with Crippen LogP contribution in [0.1, 0.15) is 44.2 Å². The first-order valence-electron chi connectivity index (χ1n) is 13.7. The predicted molar refractivity (Wildman–Crippen MR) is 157 cm³/mol. The molecule has 2 N–H and O–H groups in total. The number of aliphatic hydroxyl groups excluding tert-OH is 1. The van der Waals surface area contributed by atoms with Gasteiger partial charge in [0.2, 0.25) is 0 Å². The van der Waals surface area contributed by atoms with E-state index in [0.717, 1.165) is 4.90 Å². The van der Waals surface area contributed by atoms with Crippen molar-refractivity contribution in [1.82, 2.24) is 19.5 Å². The number of esters is 1. The van der Waals surface area contributed by atoms with Gasteiger partial charge >= 0.3 is 5.97 Å². The first-order chi connectivity index (χ1) is 21.3. The molecule has 1 fully saturated rings. The summed E-state index contributed by atoms with van der Waals surface area (Å²) >= 11 is 0. The van der Waals surface area contributed by atoms with Crippen LogP contribution in [0.5, 0.6) is 0 Å². The number of hydrogen-bond acceptors (Lipinski definition) is 10. The Labute approximate surface area is 251 Å². The van der Waals surface area contributed by atoms with Crippen LogP contribution in [0.25, 0.3) is 11.2 Å². The van der Waals surface area contributed by atoms with E-state index in [4.69, 9.17) is 9.47 Å². The van der Waals surface area contributed by atoms with Crippen LogP contribution in [0.15, 0.2) is 104 Å². The number of amides is 2. The summed E-state index contributed by atoms with van der Waals surface area (Å²) in [5.41, 5.74) is -0.905. The third-order valence-corrected chi connectivity index (χ3v) is 7.39. The van der Waals surface area contributed by atoms with E-state index in [0.29, 0.717) is 0 Å². The smallest absolute Gasteiger partial charge is 0.338 e. The van der Waals surface area contributed by atoms with E-state index in [1.54, 1.807) is 91.0 Å². The second kappa shape index (κ2) is 11.8. The van der Waals surface area contributed by atoms with Crippen LogP contribution in [-0.2, 0) is 9.47 Å². The predicted octanol–water partition coefficient (Wildman–Crippen LogP) is 3.18. The monoisotopic (exact) mass is 593 g/mol. The van der Waals surface area contributed by atoms with Gasteiger partial charge < -0.3 is 19.7 Å². The van der Waals surface area contributed by atoms with Gasteiger partial charge in [-0.25, -0.2) is 24.6 Å². The van der Waals surface area contributed by atoms with Gasteiger partial charge in [0.05, 0.1) is 18.5 Å². The van der Waals surface area contributed by atoms with Crippen LogP contribution in [0.3, 0.4) is 0 Å². The summed E-state index contributed by atoms with van der Waals surface area (Å²) < 4.78 is 13.0. The molecule has 0 radical (unpaired) electrons. The summed E-state index contributed by atoms with van der Waals surface area (Å²) in [4.78, 5) is 54.4. The number of benzene rings is 3. The molecule has 2 amide bonds. The summed E-state index contributed by atoms with van der Waals surface area (Å²) in [5.74, 6) is -2.05. The molecule has 0 unspecified atom stereocenters. The van der Waals surface area contributed by atoms with Crippen molar-refractivity contribution in [3.8, 4) is 0 Å². The highest BCUT2D eigenvalue weighted by molar-refractivity contribution is 6.27. The van der Waals surface area contributed by atoms with Gasteiger partial charge in [-0.2, -0.15) is 0 Å². The zero-order chi connectivity index (χ0) is 30.8. The first-order valence-corrected chi connectivity index (χ1v) is 13.7. The van der Waals surface area contributed by atoms with Crippen LogP contribution in [0.4, 0.5) is 5.82 Å². The fraction of sp³-hybridized carbons (Fsp3) is 0.188. The lowest BCUT2D eigenvalue weighted by Gasteiger charge is -2.30. The zero-order valence-corrected chi connectivity index (χ0v) is 23.4. The Kier molecular flexibility index (Phi) is 7.70. The molecular weight excluding hydrogens is 566 g/mol. The summed E-state index contributed by atoms with van der Waals surface area (Å²) in [5, 5.41) is 21.7. The fourth-order valence-corrected chi connectivity index (χ4v) is 5.21. The molecule has 0 saturated carbocycles. The summed E-state index contributed by atoms with van der Waals surface area (Å²) in [6, 6.07) is 24.8. The molecule has 12 nitrogen and oxygen atoms in total. The minimum absolute atomic E-state index is 0.0748. The van der Waals surface area contributed by atoms with Crippen molar-refractivity contribution in [3.05, 3.63) is 120 Å². The highest BCUT2D eigenvalue weighted by atomic mass is 16.6. The molecule has 4 atom stereocenters. The number of nitrogens with zero attached hydrogens (tertiary/aromatic N) is 5. The number of hydrogen-bond donors (Lipinski definition) is 2. The minimum atomic E-state index is -1.87. The number of fused-ring (bicyclic) bond motifs is 1. The number of aromatic nitrogens is 4. The van der Waals surface area contributed by atoms with Crippen molar-refractivity contribution in [2.24, 2.45) is 0 Å². The first kappa shape index (κ1) is 28.8. The molecule has 0 bridgehead atoms. The summed E-state index contributed by atoms with van der Waals surface area (Å²) in [7, 11) is 0. The van der Waals surface area contributed by atoms with Crippen LogP contribution >= 0.6 is 0 Å². The van der Waals surface area contributed by atoms with Crippen LogP contribution in [-0.4, -0.2) is 71.9 Å². The van der Waals surface area contributed by atoms with Gasteiger partial charge in [0.1, 0.15) is 18.0 Å². The van der Waals surface area contributed by atoms with Crippen molar-refractivity contribution < 1.29 is 34.1 Å². The van der Waals surface area contributed by atoms with Gasteiger partial charge in [-0.15, -0.1) is 0 Å². The highest BCUT2D eigenvalue weighted by Gasteiger charge is 2.56. The number of aliphatic hydroxyl groups is 2. The number of imidazole rings is 1. The van der Waals surface area contributed by atoms with E-state index in [1.807, 2.05) is 0 Å². The number of ether oxygens (including phenoxy) is 2. The van der Waals surface area contributed by atoms with Gasteiger partial charge in [0, 0.05) is 11.1 Å². The second-order valence-corrected chi connectivity index (χ2v) is 10.3. The average molecular weight is 594 g/mol. The number of rotatable bonds is 7. The average Bonchev–Trinajstić information content (AvgIpc) is 3.60. The van der Waals surface area contributed by atoms with Crippen molar-refractivity contribution >= 4 is 34.8 Å². The van der Waals surface area contributed by atoms with Crippen LogP contribution in [0, 0.1) is 0 Å². The van der Waals surface area contributed by atoms with Crippen molar-refractivity contribution in [1.29, 1.82) is 0 Å². The standard InChI is InChI=1S/C32H27N5O7/c1-32(42)25(44-30(41)22-15-9-4-10-16-22)23(17-38)43-31(32)36-19-35-24-26(36)33-18-34-27(24)37(28(39)20-11-5-2-6-12-20)29(40)21-13-7-3-8-14-21/h2-16,18-19,23,25,31,38,42H,17H2,1H3/t23-,25-,31-,32-/m1/s1.